The van der Waals surface area contributed by atoms with Crippen molar-refractivity contribution in [2.24, 2.45) is 0 Å². The Bertz CT molecular complexity index is 127. The fourth-order valence-electron chi connectivity index (χ4n) is 0.545. The van der Waals surface area contributed by atoms with Gasteiger partial charge in [-0.2, -0.15) is 0 Å². The molecule has 0 aromatic carbocycles. The van der Waals surface area contributed by atoms with Gasteiger partial charge >= 0.3 is 0 Å². The van der Waals surface area contributed by atoms with Crippen LogP contribution in [0, 0.1) is 0 Å². The van der Waals surface area contributed by atoms with E-state index in [4.69, 9.17) is 0 Å². The zero-order valence-electron chi connectivity index (χ0n) is 8.22. The molecule has 0 atom stereocenters. The second-order valence-electron chi connectivity index (χ2n) is 1.96. The van der Waals surface area contributed by atoms with Crippen LogP contribution in [0.3, 0.4) is 0 Å². The van der Waals surface area contributed by atoms with Crippen LogP contribution in [0.1, 0.15) is 34.1 Å². The van der Waals surface area contributed by atoms with Crippen molar-refractivity contribution in [1.29, 1.82) is 0 Å². The minimum atomic E-state index is 1.10. The number of allylic oxidation sites excluding steroid dienone is 5. The van der Waals surface area contributed by atoms with Crippen LogP contribution in [0.25, 0.3) is 0 Å². The third-order valence-electron chi connectivity index (χ3n) is 0.997. The Balaban J connectivity index is 0. The molecule has 0 aliphatic heterocycles. The molecule has 0 rings (SSSR count). The van der Waals surface area contributed by atoms with E-state index in [-0.39, 0.29) is 0 Å². The zero-order valence-corrected chi connectivity index (χ0v) is 8.22. The van der Waals surface area contributed by atoms with Crippen molar-refractivity contribution in [3.8, 4) is 0 Å². The van der Waals surface area contributed by atoms with Gasteiger partial charge in [-0.3, -0.25) is 0 Å². The van der Waals surface area contributed by atoms with Gasteiger partial charge in [0.15, 0.2) is 0 Å². The Labute approximate surface area is 71.3 Å². The number of rotatable bonds is 3. The smallest absolute Gasteiger partial charge is 0.0376 e. The first-order valence-corrected chi connectivity index (χ1v) is 4.27. The molecule has 0 spiro atoms. The maximum absolute atomic E-state index is 3.60. The standard InChI is InChI=1S/C9H14.C2H6/c1-4-6-8-9(3)7-5-2;1-2/h5-8H,2,4H2,1,3H3;1-2H3/b8-6-,9-7-;. The second-order valence-corrected chi connectivity index (χ2v) is 1.96. The quantitative estimate of drug-likeness (QED) is 0.534. The maximum atomic E-state index is 3.60. The van der Waals surface area contributed by atoms with Crippen LogP contribution in [0.5, 0.6) is 0 Å². The summed E-state index contributed by atoms with van der Waals surface area (Å²) in [6.07, 6.45) is 9.13. The van der Waals surface area contributed by atoms with Crippen molar-refractivity contribution >= 4 is 0 Å². The van der Waals surface area contributed by atoms with E-state index in [0.717, 1.165) is 6.42 Å². The highest BCUT2D eigenvalue weighted by Crippen LogP contribution is 1.95. The van der Waals surface area contributed by atoms with E-state index in [9.17, 15) is 0 Å². The van der Waals surface area contributed by atoms with Gasteiger partial charge in [-0.1, -0.05) is 57.2 Å². The highest BCUT2D eigenvalue weighted by atomic mass is 13.8. The van der Waals surface area contributed by atoms with Gasteiger partial charge in [-0.15, -0.1) is 0 Å². The van der Waals surface area contributed by atoms with Gasteiger partial charge in [0.25, 0.3) is 0 Å². The minimum absolute atomic E-state index is 1.10. The monoisotopic (exact) mass is 152 g/mol. The van der Waals surface area contributed by atoms with Crippen LogP contribution in [0.2, 0.25) is 0 Å². The van der Waals surface area contributed by atoms with Crippen molar-refractivity contribution in [3.05, 3.63) is 36.5 Å². The molecule has 0 amide bonds. The van der Waals surface area contributed by atoms with E-state index in [1.54, 1.807) is 6.08 Å². The van der Waals surface area contributed by atoms with Gasteiger partial charge in [0.1, 0.15) is 0 Å². The molecule has 0 fully saturated rings. The summed E-state index contributed by atoms with van der Waals surface area (Å²) in [7, 11) is 0. The molecule has 0 heterocycles. The molecule has 0 radical (unpaired) electrons. The summed E-state index contributed by atoms with van der Waals surface area (Å²) < 4.78 is 0. The molecule has 11 heavy (non-hydrogen) atoms. The largest absolute Gasteiger partial charge is 0.0991 e. The first kappa shape index (κ1) is 12.9. The lowest BCUT2D eigenvalue weighted by Crippen LogP contribution is -1.63. The summed E-state index contributed by atoms with van der Waals surface area (Å²) in [4.78, 5) is 0. The van der Waals surface area contributed by atoms with Crippen molar-refractivity contribution in [2.45, 2.75) is 34.1 Å². The molecule has 0 aliphatic rings. The van der Waals surface area contributed by atoms with Crippen molar-refractivity contribution in [1.82, 2.24) is 0 Å². The molecule has 0 nitrogen and oxygen atoms in total. The fraction of sp³-hybridized carbons (Fsp3) is 0.455. The van der Waals surface area contributed by atoms with Crippen LogP contribution in [-0.2, 0) is 0 Å². The fourth-order valence-corrected chi connectivity index (χ4v) is 0.545. The average Bonchev–Trinajstić information content (AvgIpc) is 2.05. The molecule has 0 unspecified atom stereocenters. The second kappa shape index (κ2) is 12.0. The molecule has 0 aromatic heterocycles. The van der Waals surface area contributed by atoms with Crippen LogP contribution in [0.4, 0.5) is 0 Å². The van der Waals surface area contributed by atoms with Crippen molar-refractivity contribution < 1.29 is 0 Å². The molecule has 64 valence electrons. The van der Waals surface area contributed by atoms with Gasteiger partial charge in [-0.05, 0) is 13.3 Å². The van der Waals surface area contributed by atoms with Gasteiger partial charge < -0.3 is 0 Å². The summed E-state index contributed by atoms with van der Waals surface area (Å²) in [6.45, 7) is 11.8. The Morgan fingerprint density at radius 2 is 1.91 bits per heavy atom. The van der Waals surface area contributed by atoms with E-state index in [1.807, 2.05) is 19.9 Å². The summed E-state index contributed by atoms with van der Waals surface area (Å²) in [6, 6.07) is 0. The topological polar surface area (TPSA) is 0 Å². The Morgan fingerprint density at radius 1 is 1.36 bits per heavy atom. The Kier molecular flexibility index (Phi) is 14.0. The van der Waals surface area contributed by atoms with Crippen molar-refractivity contribution in [2.75, 3.05) is 0 Å². The average molecular weight is 152 g/mol. The van der Waals surface area contributed by atoms with Crippen LogP contribution in [-0.4, -0.2) is 0 Å². The van der Waals surface area contributed by atoms with Crippen molar-refractivity contribution in [3.63, 3.8) is 0 Å². The predicted molar refractivity (Wildman–Crippen MR) is 54.7 cm³/mol. The molecule has 0 heteroatoms. The molecule has 0 saturated carbocycles. The third-order valence-corrected chi connectivity index (χ3v) is 0.997. The summed E-state index contributed by atoms with van der Waals surface area (Å²) in [5.74, 6) is 0. The number of hydrogen-bond acceptors (Lipinski definition) is 0. The zero-order chi connectivity index (χ0) is 9.11. The molecular weight excluding hydrogens is 132 g/mol. The van der Waals surface area contributed by atoms with Gasteiger partial charge in [0.2, 0.25) is 0 Å². The molecule has 0 aromatic rings. The maximum Gasteiger partial charge on any atom is -0.0376 e. The lowest BCUT2D eigenvalue weighted by Gasteiger charge is -1.84. The summed E-state index contributed by atoms with van der Waals surface area (Å²) >= 11 is 0. The first-order valence-electron chi connectivity index (χ1n) is 4.27. The molecular formula is C11H20. The van der Waals surface area contributed by atoms with Crippen LogP contribution in [0.15, 0.2) is 36.5 Å². The molecule has 0 aliphatic carbocycles. The predicted octanol–water partition coefficient (Wildman–Crippen LogP) is 4.11. The van der Waals surface area contributed by atoms with E-state index in [0.29, 0.717) is 0 Å². The van der Waals surface area contributed by atoms with Crippen LogP contribution >= 0.6 is 0 Å². The summed E-state index contributed by atoms with van der Waals surface area (Å²) in [5.41, 5.74) is 1.26. The van der Waals surface area contributed by atoms with E-state index in [2.05, 4.69) is 32.6 Å². The lowest BCUT2D eigenvalue weighted by molar-refractivity contribution is 1.22. The minimum Gasteiger partial charge on any atom is -0.0991 e. The van der Waals surface area contributed by atoms with Crippen LogP contribution < -0.4 is 0 Å². The lowest BCUT2D eigenvalue weighted by atomic mass is 10.2. The molecule has 0 N–H and O–H groups in total. The number of hydrogen-bond donors (Lipinski definition) is 0. The highest BCUT2D eigenvalue weighted by Gasteiger charge is 1.73. The van der Waals surface area contributed by atoms with Gasteiger partial charge in [0.05, 0.1) is 0 Å². The molecule has 0 saturated heterocycles. The highest BCUT2D eigenvalue weighted by molar-refractivity contribution is 5.20. The summed E-state index contributed by atoms with van der Waals surface area (Å²) in [5, 5.41) is 0. The normalized spacial score (nSPS) is 10.7. The Hall–Kier alpha value is -0.780. The van der Waals surface area contributed by atoms with E-state index < -0.39 is 0 Å². The van der Waals surface area contributed by atoms with Gasteiger partial charge in [-0.25, -0.2) is 0 Å². The van der Waals surface area contributed by atoms with E-state index in [1.165, 1.54) is 5.57 Å². The first-order chi connectivity index (χ1) is 5.31. The Morgan fingerprint density at radius 3 is 2.27 bits per heavy atom. The van der Waals surface area contributed by atoms with E-state index >= 15 is 0 Å². The third kappa shape index (κ3) is 12.4. The molecule has 0 bridgehead atoms. The SMILES string of the molecule is C=C/C=C(C)\C=C/CC.CC. The van der Waals surface area contributed by atoms with Gasteiger partial charge in [0, 0.05) is 0 Å².